The van der Waals surface area contributed by atoms with Gasteiger partial charge < -0.3 is 10.6 Å². The molecule has 1 aliphatic rings. The molecule has 0 aromatic heterocycles. The molecule has 2 rings (SSSR count). The fourth-order valence-corrected chi connectivity index (χ4v) is 3.09. The van der Waals surface area contributed by atoms with E-state index in [0.29, 0.717) is 18.6 Å². The highest BCUT2D eigenvalue weighted by atomic mass is 32.2. The molecule has 2 N–H and O–H groups in total. The lowest BCUT2D eigenvalue weighted by Gasteiger charge is -2.41. The summed E-state index contributed by atoms with van der Waals surface area (Å²) in [5.41, 5.74) is 7.37. The fraction of sp³-hybridized carbons (Fsp3) is 0.600. The molecule has 1 saturated heterocycles. The summed E-state index contributed by atoms with van der Waals surface area (Å²) in [6.45, 7) is 6.31. The van der Waals surface area contributed by atoms with E-state index in [1.54, 1.807) is 11.8 Å². The van der Waals surface area contributed by atoms with Crippen LogP contribution >= 0.6 is 11.8 Å². The van der Waals surface area contributed by atoms with Crippen molar-refractivity contribution in [3.8, 4) is 0 Å². The largest absolute Gasteiger partial charge is 0.329 e. The van der Waals surface area contributed by atoms with Gasteiger partial charge in [0.2, 0.25) is 0 Å². The van der Waals surface area contributed by atoms with E-state index in [0.717, 1.165) is 19.6 Å². The van der Waals surface area contributed by atoms with Crippen molar-refractivity contribution >= 4 is 11.8 Å². The van der Waals surface area contributed by atoms with Crippen LogP contribution in [0.15, 0.2) is 29.2 Å². The first-order valence-corrected chi connectivity index (χ1v) is 8.16. The van der Waals surface area contributed by atoms with E-state index in [1.165, 1.54) is 10.5 Å². The SMILES string of the molecule is CSc1ccc(C(CN)N2CCN(C)C(C)C2)cc1. The summed E-state index contributed by atoms with van der Waals surface area (Å²) in [4.78, 5) is 6.26. The van der Waals surface area contributed by atoms with Crippen molar-refractivity contribution in [2.45, 2.75) is 23.9 Å². The van der Waals surface area contributed by atoms with Crippen LogP contribution in [0.5, 0.6) is 0 Å². The Morgan fingerprint density at radius 1 is 1.32 bits per heavy atom. The molecule has 1 heterocycles. The average molecular weight is 279 g/mol. The summed E-state index contributed by atoms with van der Waals surface area (Å²) in [6.07, 6.45) is 2.11. The van der Waals surface area contributed by atoms with Gasteiger partial charge in [0.1, 0.15) is 0 Å². The Labute approximate surface area is 121 Å². The van der Waals surface area contributed by atoms with Gasteiger partial charge in [-0.3, -0.25) is 4.90 Å². The number of hydrogen-bond acceptors (Lipinski definition) is 4. The predicted octanol–water partition coefficient (Wildman–Crippen LogP) is 2.04. The maximum Gasteiger partial charge on any atom is 0.0471 e. The second-order valence-corrected chi connectivity index (χ2v) is 6.23. The molecule has 0 saturated carbocycles. The van der Waals surface area contributed by atoms with Crippen LogP contribution < -0.4 is 5.73 Å². The number of nitrogens with zero attached hydrogens (tertiary/aromatic N) is 2. The molecule has 2 unspecified atom stereocenters. The number of nitrogens with two attached hydrogens (primary N) is 1. The molecule has 0 radical (unpaired) electrons. The number of likely N-dealkylation sites (N-methyl/N-ethyl adjacent to an activating group) is 1. The Morgan fingerprint density at radius 3 is 2.53 bits per heavy atom. The van der Waals surface area contributed by atoms with Crippen LogP contribution in [0, 0.1) is 0 Å². The van der Waals surface area contributed by atoms with E-state index in [-0.39, 0.29) is 0 Å². The standard InChI is InChI=1S/C15H25N3S/c1-12-11-18(9-8-17(12)2)15(10-16)13-4-6-14(19-3)7-5-13/h4-7,12,15H,8-11,16H2,1-3H3. The van der Waals surface area contributed by atoms with E-state index in [2.05, 4.69) is 54.3 Å². The zero-order valence-electron chi connectivity index (χ0n) is 12.2. The van der Waals surface area contributed by atoms with Gasteiger partial charge in [0.15, 0.2) is 0 Å². The lowest BCUT2D eigenvalue weighted by atomic mass is 10.0. The van der Waals surface area contributed by atoms with Crippen LogP contribution in [0.25, 0.3) is 0 Å². The minimum atomic E-state index is 0.354. The molecule has 1 aromatic carbocycles. The molecule has 0 amide bonds. The monoisotopic (exact) mass is 279 g/mol. The second-order valence-electron chi connectivity index (χ2n) is 5.35. The maximum atomic E-state index is 6.03. The van der Waals surface area contributed by atoms with Gasteiger partial charge >= 0.3 is 0 Å². The minimum absolute atomic E-state index is 0.354. The molecule has 3 nitrogen and oxygen atoms in total. The van der Waals surface area contributed by atoms with Crippen LogP contribution in [0.2, 0.25) is 0 Å². The molecule has 0 bridgehead atoms. The van der Waals surface area contributed by atoms with E-state index >= 15 is 0 Å². The molecule has 0 spiro atoms. The molecular formula is C15H25N3S. The van der Waals surface area contributed by atoms with Crippen LogP contribution in [-0.4, -0.2) is 55.3 Å². The topological polar surface area (TPSA) is 32.5 Å². The third kappa shape index (κ3) is 3.51. The molecule has 2 atom stereocenters. The Balaban J connectivity index is 2.10. The molecule has 19 heavy (non-hydrogen) atoms. The summed E-state index contributed by atoms with van der Waals surface area (Å²) in [7, 11) is 2.20. The fourth-order valence-electron chi connectivity index (χ4n) is 2.68. The number of benzene rings is 1. The average Bonchev–Trinajstić information content (AvgIpc) is 2.44. The highest BCUT2D eigenvalue weighted by Gasteiger charge is 2.26. The van der Waals surface area contributed by atoms with Crippen LogP contribution in [0.4, 0.5) is 0 Å². The van der Waals surface area contributed by atoms with E-state index < -0.39 is 0 Å². The Morgan fingerprint density at radius 2 is 2.00 bits per heavy atom. The number of rotatable bonds is 4. The van der Waals surface area contributed by atoms with Gasteiger partial charge in [-0.1, -0.05) is 12.1 Å². The second kappa shape index (κ2) is 6.75. The van der Waals surface area contributed by atoms with E-state index in [1.807, 2.05) is 0 Å². The van der Waals surface area contributed by atoms with Crippen molar-refractivity contribution in [1.82, 2.24) is 9.80 Å². The van der Waals surface area contributed by atoms with Crippen molar-refractivity contribution in [3.63, 3.8) is 0 Å². The first kappa shape index (κ1) is 14.9. The predicted molar refractivity (Wildman–Crippen MR) is 83.7 cm³/mol. The number of thioether (sulfide) groups is 1. The smallest absolute Gasteiger partial charge is 0.0471 e. The molecule has 106 valence electrons. The summed E-state index contributed by atoms with van der Waals surface area (Å²) in [5, 5.41) is 0. The molecule has 1 aromatic rings. The van der Waals surface area contributed by atoms with Gasteiger partial charge in [-0.15, -0.1) is 11.8 Å². The number of piperazine rings is 1. The molecule has 1 aliphatic heterocycles. The zero-order valence-corrected chi connectivity index (χ0v) is 13.0. The lowest BCUT2D eigenvalue weighted by Crippen LogP contribution is -2.52. The lowest BCUT2D eigenvalue weighted by molar-refractivity contribution is 0.0741. The normalized spacial score (nSPS) is 23.5. The summed E-state index contributed by atoms with van der Waals surface area (Å²) in [5.74, 6) is 0. The highest BCUT2D eigenvalue weighted by Crippen LogP contribution is 2.24. The quantitative estimate of drug-likeness (QED) is 0.855. The minimum Gasteiger partial charge on any atom is -0.329 e. The Kier molecular flexibility index (Phi) is 5.28. The molecular weight excluding hydrogens is 254 g/mol. The van der Waals surface area contributed by atoms with Crippen molar-refractivity contribution in [2.24, 2.45) is 5.73 Å². The Hall–Kier alpha value is -0.550. The molecule has 4 heteroatoms. The highest BCUT2D eigenvalue weighted by molar-refractivity contribution is 7.98. The first-order chi connectivity index (χ1) is 9.15. The summed E-state index contributed by atoms with van der Waals surface area (Å²) < 4.78 is 0. The van der Waals surface area contributed by atoms with Crippen molar-refractivity contribution in [1.29, 1.82) is 0 Å². The third-order valence-electron chi connectivity index (χ3n) is 4.16. The third-order valence-corrected chi connectivity index (χ3v) is 4.90. The van der Waals surface area contributed by atoms with Crippen molar-refractivity contribution in [3.05, 3.63) is 29.8 Å². The van der Waals surface area contributed by atoms with Crippen LogP contribution in [0.1, 0.15) is 18.5 Å². The van der Waals surface area contributed by atoms with Crippen LogP contribution in [0.3, 0.4) is 0 Å². The maximum absolute atomic E-state index is 6.03. The van der Waals surface area contributed by atoms with Crippen LogP contribution in [-0.2, 0) is 0 Å². The number of hydrogen-bond donors (Lipinski definition) is 1. The van der Waals surface area contributed by atoms with E-state index in [4.69, 9.17) is 5.73 Å². The zero-order chi connectivity index (χ0) is 13.8. The molecule has 1 fully saturated rings. The van der Waals surface area contributed by atoms with Gasteiger partial charge in [0, 0.05) is 43.2 Å². The summed E-state index contributed by atoms with van der Waals surface area (Å²) >= 11 is 1.78. The van der Waals surface area contributed by atoms with Crippen molar-refractivity contribution in [2.75, 3.05) is 39.5 Å². The van der Waals surface area contributed by atoms with Crippen molar-refractivity contribution < 1.29 is 0 Å². The Bertz CT molecular complexity index is 393. The van der Waals surface area contributed by atoms with Gasteiger partial charge in [0.05, 0.1) is 0 Å². The molecule has 0 aliphatic carbocycles. The first-order valence-electron chi connectivity index (χ1n) is 6.94. The van der Waals surface area contributed by atoms with Gasteiger partial charge in [-0.25, -0.2) is 0 Å². The summed E-state index contributed by atoms with van der Waals surface area (Å²) in [6, 6.07) is 9.81. The van der Waals surface area contributed by atoms with Gasteiger partial charge in [0.25, 0.3) is 0 Å². The van der Waals surface area contributed by atoms with E-state index in [9.17, 15) is 0 Å². The van der Waals surface area contributed by atoms with Gasteiger partial charge in [-0.2, -0.15) is 0 Å². The van der Waals surface area contributed by atoms with Gasteiger partial charge in [-0.05, 0) is 37.9 Å².